The molecule has 0 atom stereocenters. The van der Waals surface area contributed by atoms with Crippen molar-refractivity contribution in [3.05, 3.63) is 29.8 Å². The van der Waals surface area contributed by atoms with Crippen LogP contribution < -0.4 is 20.1 Å². The maximum absolute atomic E-state index is 11.7. The van der Waals surface area contributed by atoms with Crippen molar-refractivity contribution in [3.8, 4) is 11.5 Å². The summed E-state index contributed by atoms with van der Waals surface area (Å²) in [6.45, 7) is 4.43. The molecule has 1 aromatic rings. The van der Waals surface area contributed by atoms with Crippen LogP contribution in [0.5, 0.6) is 11.5 Å². The molecular formula is C17H24N2O4. The van der Waals surface area contributed by atoms with Crippen LogP contribution in [-0.2, 0) is 9.59 Å². The van der Waals surface area contributed by atoms with Gasteiger partial charge in [0.2, 0.25) is 11.8 Å². The van der Waals surface area contributed by atoms with Gasteiger partial charge < -0.3 is 20.1 Å². The number of hydrogen-bond acceptors (Lipinski definition) is 4. The van der Waals surface area contributed by atoms with Crippen molar-refractivity contribution < 1.29 is 19.1 Å². The summed E-state index contributed by atoms with van der Waals surface area (Å²) in [6.07, 6.45) is 3.12. The average Bonchev–Trinajstić information content (AvgIpc) is 2.56. The van der Waals surface area contributed by atoms with Crippen molar-refractivity contribution in [2.75, 3.05) is 27.3 Å². The van der Waals surface area contributed by atoms with Gasteiger partial charge in [0.15, 0.2) is 11.5 Å². The van der Waals surface area contributed by atoms with E-state index in [1.165, 1.54) is 6.08 Å². The van der Waals surface area contributed by atoms with E-state index in [0.717, 1.165) is 5.56 Å². The lowest BCUT2D eigenvalue weighted by molar-refractivity contribution is -0.124. The van der Waals surface area contributed by atoms with Gasteiger partial charge in [-0.2, -0.15) is 0 Å². The van der Waals surface area contributed by atoms with Crippen LogP contribution in [0.4, 0.5) is 0 Å². The Kier molecular flexibility index (Phi) is 7.66. The molecule has 0 saturated heterocycles. The molecule has 0 spiro atoms. The van der Waals surface area contributed by atoms with E-state index < -0.39 is 0 Å². The molecule has 0 aliphatic heterocycles. The van der Waals surface area contributed by atoms with Gasteiger partial charge in [-0.3, -0.25) is 9.59 Å². The van der Waals surface area contributed by atoms with Crippen LogP contribution in [0.3, 0.4) is 0 Å². The van der Waals surface area contributed by atoms with Gasteiger partial charge in [0.05, 0.1) is 14.2 Å². The maximum Gasteiger partial charge on any atom is 0.244 e. The van der Waals surface area contributed by atoms with Crippen LogP contribution in [0, 0.1) is 5.92 Å². The molecule has 1 rings (SSSR count). The van der Waals surface area contributed by atoms with E-state index >= 15 is 0 Å². The molecule has 0 fully saturated rings. The second-order valence-electron chi connectivity index (χ2n) is 5.18. The fourth-order valence-corrected chi connectivity index (χ4v) is 1.76. The number of rotatable bonds is 8. The van der Waals surface area contributed by atoms with E-state index in [1.54, 1.807) is 32.4 Å². The lowest BCUT2D eigenvalue weighted by Gasteiger charge is -2.08. The van der Waals surface area contributed by atoms with Crippen LogP contribution >= 0.6 is 0 Å². The SMILES string of the molecule is COc1ccc(C=CC(=O)NCCNC(=O)C(C)C)cc1OC. The highest BCUT2D eigenvalue weighted by Gasteiger charge is 2.05. The van der Waals surface area contributed by atoms with E-state index in [4.69, 9.17) is 9.47 Å². The van der Waals surface area contributed by atoms with Gasteiger partial charge >= 0.3 is 0 Å². The summed E-state index contributed by atoms with van der Waals surface area (Å²) in [5, 5.41) is 5.43. The molecule has 0 saturated carbocycles. The van der Waals surface area contributed by atoms with Crippen LogP contribution in [-0.4, -0.2) is 39.1 Å². The zero-order chi connectivity index (χ0) is 17.2. The third-order valence-electron chi connectivity index (χ3n) is 3.08. The lowest BCUT2D eigenvalue weighted by atomic mass is 10.2. The summed E-state index contributed by atoms with van der Waals surface area (Å²) in [7, 11) is 3.13. The number of carbonyl (C=O) groups is 2. The predicted octanol–water partition coefficient (Wildman–Crippen LogP) is 1.61. The predicted molar refractivity (Wildman–Crippen MR) is 89.4 cm³/mol. The Hall–Kier alpha value is -2.50. The molecule has 0 unspecified atom stereocenters. The highest BCUT2D eigenvalue weighted by Crippen LogP contribution is 2.27. The zero-order valence-electron chi connectivity index (χ0n) is 14.0. The van der Waals surface area contributed by atoms with Crippen molar-refractivity contribution in [2.45, 2.75) is 13.8 Å². The van der Waals surface area contributed by atoms with Crippen molar-refractivity contribution in [1.29, 1.82) is 0 Å². The van der Waals surface area contributed by atoms with Gasteiger partial charge in [0.1, 0.15) is 0 Å². The zero-order valence-corrected chi connectivity index (χ0v) is 14.0. The Morgan fingerprint density at radius 2 is 1.74 bits per heavy atom. The van der Waals surface area contributed by atoms with Crippen LogP contribution in [0.1, 0.15) is 19.4 Å². The van der Waals surface area contributed by atoms with Crippen molar-refractivity contribution in [3.63, 3.8) is 0 Å². The van der Waals surface area contributed by atoms with Gasteiger partial charge in [0.25, 0.3) is 0 Å². The molecule has 0 aliphatic carbocycles. The monoisotopic (exact) mass is 320 g/mol. The van der Waals surface area contributed by atoms with Crippen LogP contribution in [0.15, 0.2) is 24.3 Å². The number of benzene rings is 1. The topological polar surface area (TPSA) is 76.7 Å². The highest BCUT2D eigenvalue weighted by molar-refractivity contribution is 5.91. The summed E-state index contributed by atoms with van der Waals surface area (Å²) in [6, 6.07) is 5.39. The summed E-state index contributed by atoms with van der Waals surface area (Å²) < 4.78 is 10.4. The Bertz CT molecular complexity index is 568. The minimum atomic E-state index is -0.224. The van der Waals surface area contributed by atoms with Crippen LogP contribution in [0.25, 0.3) is 6.08 Å². The maximum atomic E-state index is 11.7. The smallest absolute Gasteiger partial charge is 0.244 e. The van der Waals surface area contributed by atoms with Crippen molar-refractivity contribution >= 4 is 17.9 Å². The molecule has 6 heteroatoms. The first-order valence-electron chi connectivity index (χ1n) is 7.43. The third-order valence-corrected chi connectivity index (χ3v) is 3.08. The first kappa shape index (κ1) is 18.5. The first-order chi connectivity index (χ1) is 11.0. The molecule has 0 bridgehead atoms. The van der Waals surface area contributed by atoms with Gasteiger partial charge in [-0.05, 0) is 23.8 Å². The Balaban J connectivity index is 2.45. The summed E-state index contributed by atoms with van der Waals surface area (Å²) in [4.78, 5) is 23.1. The summed E-state index contributed by atoms with van der Waals surface area (Å²) >= 11 is 0. The van der Waals surface area contributed by atoms with E-state index in [2.05, 4.69) is 10.6 Å². The lowest BCUT2D eigenvalue weighted by Crippen LogP contribution is -2.35. The van der Waals surface area contributed by atoms with Crippen LogP contribution in [0.2, 0.25) is 0 Å². The number of methoxy groups -OCH3 is 2. The Morgan fingerprint density at radius 3 is 2.35 bits per heavy atom. The molecule has 1 aromatic carbocycles. The molecular weight excluding hydrogens is 296 g/mol. The molecule has 6 nitrogen and oxygen atoms in total. The van der Waals surface area contributed by atoms with E-state index in [0.29, 0.717) is 24.6 Å². The fourth-order valence-electron chi connectivity index (χ4n) is 1.76. The number of amides is 2. The first-order valence-corrected chi connectivity index (χ1v) is 7.43. The minimum Gasteiger partial charge on any atom is -0.493 e. The second-order valence-corrected chi connectivity index (χ2v) is 5.18. The number of hydrogen-bond donors (Lipinski definition) is 2. The highest BCUT2D eigenvalue weighted by atomic mass is 16.5. The third kappa shape index (κ3) is 6.42. The van der Waals surface area contributed by atoms with Gasteiger partial charge in [-0.1, -0.05) is 19.9 Å². The van der Waals surface area contributed by atoms with E-state index in [-0.39, 0.29) is 17.7 Å². The molecule has 0 heterocycles. The van der Waals surface area contributed by atoms with Crippen molar-refractivity contribution in [2.24, 2.45) is 5.92 Å². The number of ether oxygens (including phenoxy) is 2. The largest absolute Gasteiger partial charge is 0.493 e. The van der Waals surface area contributed by atoms with Crippen molar-refractivity contribution in [1.82, 2.24) is 10.6 Å². The van der Waals surface area contributed by atoms with Gasteiger partial charge in [-0.15, -0.1) is 0 Å². The fraction of sp³-hybridized carbons (Fsp3) is 0.412. The molecule has 2 amide bonds. The Morgan fingerprint density at radius 1 is 1.09 bits per heavy atom. The normalized spacial score (nSPS) is 10.7. The Labute approximate surface area is 136 Å². The molecule has 2 N–H and O–H groups in total. The van der Waals surface area contributed by atoms with Gasteiger partial charge in [-0.25, -0.2) is 0 Å². The summed E-state index contributed by atoms with van der Waals surface area (Å²) in [5.41, 5.74) is 0.825. The number of nitrogens with one attached hydrogen (secondary N) is 2. The quantitative estimate of drug-likeness (QED) is 0.563. The van der Waals surface area contributed by atoms with E-state index in [9.17, 15) is 9.59 Å². The average molecular weight is 320 g/mol. The molecule has 0 aromatic heterocycles. The standard InChI is InChI=1S/C17H24N2O4/c1-12(2)17(21)19-10-9-18-16(20)8-6-13-5-7-14(22-3)15(11-13)23-4/h5-8,11-12H,9-10H2,1-4H3,(H,18,20)(H,19,21). The number of carbonyl (C=O) groups excluding carboxylic acids is 2. The molecule has 0 radical (unpaired) electrons. The minimum absolute atomic E-state index is 0.0277. The van der Waals surface area contributed by atoms with E-state index in [1.807, 2.05) is 19.9 Å². The van der Waals surface area contributed by atoms with Gasteiger partial charge in [0, 0.05) is 25.1 Å². The molecule has 0 aliphatic rings. The summed E-state index contributed by atoms with van der Waals surface area (Å²) in [5.74, 6) is 0.927. The molecule has 126 valence electrons. The molecule has 23 heavy (non-hydrogen) atoms. The second kappa shape index (κ2) is 9.50.